The fourth-order valence-electron chi connectivity index (χ4n) is 2.49. The van der Waals surface area contributed by atoms with Crippen molar-refractivity contribution in [3.63, 3.8) is 0 Å². The number of carbonyl (C=O) groups excluding carboxylic acids is 1. The Kier molecular flexibility index (Phi) is 3.63. The molecule has 2 saturated heterocycles. The van der Waals surface area contributed by atoms with Crippen LogP contribution < -0.4 is 5.32 Å². The average molecular weight is 242 g/mol. The third-order valence-electron chi connectivity index (χ3n) is 3.35. The molecule has 90 valence electrons. The normalized spacial score (nSPS) is 29.3. The third-order valence-corrected chi connectivity index (χ3v) is 3.67. The van der Waals surface area contributed by atoms with Crippen molar-refractivity contribution in [2.24, 2.45) is 5.92 Å². The predicted octanol–water partition coefficient (Wildman–Crippen LogP) is 1.54. The van der Waals surface area contributed by atoms with Crippen molar-refractivity contribution < 1.29 is 9.53 Å². The van der Waals surface area contributed by atoms with Crippen LogP contribution in [0.5, 0.6) is 0 Å². The van der Waals surface area contributed by atoms with Crippen LogP contribution in [0.15, 0.2) is 0 Å². The van der Waals surface area contributed by atoms with E-state index in [-0.39, 0.29) is 6.09 Å². The standard InChI is InChI=1S/C11H18N2O2S/c1-2-15-11(14)13-6-5-9-8(7-13)3-4-10(16)12-9/h8-9H,2-7H2,1H3,(H,12,16)/t8-,9+/m1/s1. The molecule has 4 nitrogen and oxygen atoms in total. The molecular weight excluding hydrogens is 224 g/mol. The minimum atomic E-state index is -0.172. The zero-order valence-corrected chi connectivity index (χ0v) is 10.4. The summed E-state index contributed by atoms with van der Waals surface area (Å²) < 4.78 is 5.02. The van der Waals surface area contributed by atoms with Gasteiger partial charge in [0, 0.05) is 19.1 Å². The smallest absolute Gasteiger partial charge is 0.409 e. The van der Waals surface area contributed by atoms with Gasteiger partial charge in [-0.05, 0) is 32.1 Å². The molecule has 2 atom stereocenters. The third kappa shape index (κ3) is 2.45. The molecule has 0 aromatic carbocycles. The molecule has 0 saturated carbocycles. The number of thiocarbonyl (C=S) groups is 1. The van der Waals surface area contributed by atoms with Crippen LogP contribution in [-0.4, -0.2) is 41.7 Å². The van der Waals surface area contributed by atoms with Crippen LogP contribution in [0.3, 0.4) is 0 Å². The summed E-state index contributed by atoms with van der Waals surface area (Å²) in [5.41, 5.74) is 0. The van der Waals surface area contributed by atoms with E-state index in [4.69, 9.17) is 17.0 Å². The van der Waals surface area contributed by atoms with Crippen LogP contribution in [0.25, 0.3) is 0 Å². The van der Waals surface area contributed by atoms with E-state index >= 15 is 0 Å². The zero-order chi connectivity index (χ0) is 11.5. The van der Waals surface area contributed by atoms with E-state index in [1.807, 2.05) is 11.8 Å². The molecule has 0 bridgehead atoms. The molecule has 0 radical (unpaired) electrons. The molecule has 2 fully saturated rings. The Morgan fingerprint density at radius 2 is 2.44 bits per heavy atom. The molecule has 16 heavy (non-hydrogen) atoms. The summed E-state index contributed by atoms with van der Waals surface area (Å²) in [7, 11) is 0. The summed E-state index contributed by atoms with van der Waals surface area (Å²) in [5, 5.41) is 3.36. The van der Waals surface area contributed by atoms with Crippen molar-refractivity contribution in [2.45, 2.75) is 32.2 Å². The van der Waals surface area contributed by atoms with Gasteiger partial charge in [-0.15, -0.1) is 0 Å². The number of piperidine rings is 2. The number of likely N-dealkylation sites (tertiary alicyclic amines) is 1. The van der Waals surface area contributed by atoms with Crippen molar-refractivity contribution in [2.75, 3.05) is 19.7 Å². The fraction of sp³-hybridized carbons (Fsp3) is 0.818. The lowest BCUT2D eigenvalue weighted by Gasteiger charge is -2.41. The second-order valence-corrected chi connectivity index (χ2v) is 4.90. The van der Waals surface area contributed by atoms with Crippen LogP contribution in [0.1, 0.15) is 26.2 Å². The molecule has 0 aliphatic carbocycles. The Morgan fingerprint density at radius 1 is 1.62 bits per heavy atom. The quantitative estimate of drug-likeness (QED) is 0.708. The second kappa shape index (κ2) is 4.99. The first kappa shape index (κ1) is 11.6. The first-order valence-corrected chi connectivity index (χ1v) is 6.32. The monoisotopic (exact) mass is 242 g/mol. The molecule has 2 heterocycles. The van der Waals surface area contributed by atoms with E-state index in [0.29, 0.717) is 18.6 Å². The minimum absolute atomic E-state index is 0.172. The van der Waals surface area contributed by atoms with E-state index in [2.05, 4.69) is 5.32 Å². The van der Waals surface area contributed by atoms with E-state index < -0.39 is 0 Å². The lowest BCUT2D eigenvalue weighted by atomic mass is 9.85. The number of carbonyl (C=O) groups is 1. The van der Waals surface area contributed by atoms with Crippen LogP contribution in [0.2, 0.25) is 0 Å². The number of nitrogens with one attached hydrogen (secondary N) is 1. The lowest BCUT2D eigenvalue weighted by molar-refractivity contribution is 0.0782. The zero-order valence-electron chi connectivity index (χ0n) is 9.57. The van der Waals surface area contributed by atoms with Gasteiger partial charge in [-0.3, -0.25) is 0 Å². The van der Waals surface area contributed by atoms with Crippen LogP contribution in [0, 0.1) is 5.92 Å². The van der Waals surface area contributed by atoms with Crippen molar-refractivity contribution >= 4 is 23.3 Å². The molecule has 0 unspecified atom stereocenters. The van der Waals surface area contributed by atoms with E-state index in [1.165, 1.54) is 0 Å². The van der Waals surface area contributed by atoms with Gasteiger partial charge < -0.3 is 15.0 Å². The Hall–Kier alpha value is -0.840. The van der Waals surface area contributed by atoms with Gasteiger partial charge in [-0.1, -0.05) is 12.2 Å². The number of fused-ring (bicyclic) bond motifs is 1. The molecule has 0 aromatic heterocycles. The Bertz CT molecular complexity index is 296. The number of nitrogens with zero attached hydrogens (tertiary/aromatic N) is 1. The minimum Gasteiger partial charge on any atom is -0.450 e. The Labute approximate surface area is 101 Å². The van der Waals surface area contributed by atoms with Gasteiger partial charge in [0.05, 0.1) is 11.6 Å². The maximum absolute atomic E-state index is 11.6. The molecule has 2 aliphatic rings. The van der Waals surface area contributed by atoms with Crippen molar-refractivity contribution in [3.8, 4) is 0 Å². The first-order chi connectivity index (χ1) is 7.70. The topological polar surface area (TPSA) is 41.6 Å². The summed E-state index contributed by atoms with van der Waals surface area (Å²) in [5.74, 6) is 0.532. The maximum atomic E-state index is 11.6. The summed E-state index contributed by atoms with van der Waals surface area (Å²) in [6.45, 7) is 3.87. The first-order valence-electron chi connectivity index (χ1n) is 5.91. The van der Waals surface area contributed by atoms with Gasteiger partial charge in [0.25, 0.3) is 0 Å². The summed E-state index contributed by atoms with van der Waals surface area (Å²) in [6, 6.07) is 0.465. The van der Waals surface area contributed by atoms with Gasteiger partial charge in [-0.25, -0.2) is 4.79 Å². The molecule has 2 rings (SSSR count). The van der Waals surface area contributed by atoms with E-state index in [0.717, 1.165) is 37.3 Å². The molecule has 1 amide bonds. The van der Waals surface area contributed by atoms with Gasteiger partial charge in [-0.2, -0.15) is 0 Å². The highest BCUT2D eigenvalue weighted by atomic mass is 32.1. The lowest BCUT2D eigenvalue weighted by Crippen LogP contribution is -2.54. The van der Waals surface area contributed by atoms with Crippen LogP contribution >= 0.6 is 12.2 Å². The van der Waals surface area contributed by atoms with Crippen LogP contribution in [-0.2, 0) is 4.74 Å². The van der Waals surface area contributed by atoms with Gasteiger partial charge in [0.15, 0.2) is 0 Å². The van der Waals surface area contributed by atoms with Crippen molar-refractivity contribution in [1.29, 1.82) is 0 Å². The summed E-state index contributed by atoms with van der Waals surface area (Å²) in [4.78, 5) is 14.4. The molecule has 1 N–H and O–H groups in total. The largest absolute Gasteiger partial charge is 0.450 e. The number of rotatable bonds is 1. The highest BCUT2D eigenvalue weighted by Gasteiger charge is 2.34. The molecule has 0 aromatic rings. The van der Waals surface area contributed by atoms with Gasteiger partial charge in [0.2, 0.25) is 0 Å². The highest BCUT2D eigenvalue weighted by molar-refractivity contribution is 7.80. The summed E-state index contributed by atoms with van der Waals surface area (Å²) >= 11 is 5.18. The van der Waals surface area contributed by atoms with E-state index in [1.54, 1.807) is 0 Å². The molecule has 0 spiro atoms. The van der Waals surface area contributed by atoms with E-state index in [9.17, 15) is 4.79 Å². The van der Waals surface area contributed by atoms with Gasteiger partial charge >= 0.3 is 6.09 Å². The highest BCUT2D eigenvalue weighted by Crippen LogP contribution is 2.25. The number of hydrogen-bond donors (Lipinski definition) is 1. The predicted molar refractivity (Wildman–Crippen MR) is 65.5 cm³/mol. The second-order valence-electron chi connectivity index (χ2n) is 4.41. The fourth-order valence-corrected chi connectivity index (χ4v) is 2.76. The number of amides is 1. The molecule has 5 heteroatoms. The Balaban J connectivity index is 1.90. The SMILES string of the molecule is CCOC(=O)N1CC[C@@H]2NC(=S)CC[C@@H]2C1. The number of hydrogen-bond acceptors (Lipinski definition) is 3. The van der Waals surface area contributed by atoms with Crippen molar-refractivity contribution in [1.82, 2.24) is 10.2 Å². The maximum Gasteiger partial charge on any atom is 0.409 e. The van der Waals surface area contributed by atoms with Gasteiger partial charge in [0.1, 0.15) is 0 Å². The molecule has 2 aliphatic heterocycles. The number of ether oxygens (including phenoxy) is 1. The van der Waals surface area contributed by atoms with Crippen LogP contribution in [0.4, 0.5) is 4.79 Å². The summed E-state index contributed by atoms with van der Waals surface area (Å²) in [6.07, 6.45) is 2.84. The molecular formula is C11H18N2O2S. The average Bonchev–Trinajstić information content (AvgIpc) is 2.28. The Morgan fingerprint density at radius 3 is 3.19 bits per heavy atom. The van der Waals surface area contributed by atoms with Crippen molar-refractivity contribution in [3.05, 3.63) is 0 Å².